The van der Waals surface area contributed by atoms with Gasteiger partial charge in [0, 0.05) is 29.3 Å². The molecule has 22 heavy (non-hydrogen) atoms. The smallest absolute Gasteiger partial charge is 0.0645 e. The van der Waals surface area contributed by atoms with Crippen LogP contribution in [0.25, 0.3) is 5.69 Å². The first-order chi connectivity index (χ1) is 10.7. The van der Waals surface area contributed by atoms with Crippen molar-refractivity contribution in [3.63, 3.8) is 0 Å². The Bertz CT molecular complexity index is 737. The minimum atomic E-state index is 0.874. The van der Waals surface area contributed by atoms with Crippen molar-refractivity contribution in [1.29, 1.82) is 0 Å². The molecule has 0 fully saturated rings. The number of nitrogens with zero attached hydrogens (tertiary/aromatic N) is 3. The van der Waals surface area contributed by atoms with E-state index in [4.69, 9.17) is 0 Å². The van der Waals surface area contributed by atoms with E-state index in [1.165, 1.54) is 11.1 Å². The van der Waals surface area contributed by atoms with Gasteiger partial charge in [0.05, 0.1) is 11.9 Å². The van der Waals surface area contributed by atoms with Crippen LogP contribution in [0.5, 0.6) is 0 Å². The molecule has 0 N–H and O–H groups in total. The molecule has 0 aliphatic heterocycles. The van der Waals surface area contributed by atoms with Crippen molar-refractivity contribution >= 4 is 15.9 Å². The first-order valence-electron chi connectivity index (χ1n) is 7.23. The van der Waals surface area contributed by atoms with Gasteiger partial charge in [0.15, 0.2) is 0 Å². The maximum absolute atomic E-state index is 4.44. The summed E-state index contributed by atoms with van der Waals surface area (Å²) < 4.78 is 3.04. The third-order valence-corrected chi connectivity index (χ3v) is 3.94. The third-order valence-electron chi connectivity index (χ3n) is 3.45. The van der Waals surface area contributed by atoms with Gasteiger partial charge in [-0.3, -0.25) is 4.90 Å². The van der Waals surface area contributed by atoms with E-state index in [-0.39, 0.29) is 0 Å². The lowest BCUT2D eigenvalue weighted by Gasteiger charge is -2.15. The van der Waals surface area contributed by atoms with Gasteiger partial charge in [0.2, 0.25) is 0 Å². The molecule has 4 heteroatoms. The Labute approximate surface area is 139 Å². The second kappa shape index (κ2) is 6.90. The summed E-state index contributed by atoms with van der Waals surface area (Å²) in [5, 5.41) is 4.44. The number of halogens is 1. The molecule has 3 aromatic rings. The van der Waals surface area contributed by atoms with E-state index in [1.54, 1.807) is 0 Å². The van der Waals surface area contributed by atoms with E-state index in [1.807, 2.05) is 35.1 Å². The number of aromatic nitrogens is 2. The highest BCUT2D eigenvalue weighted by Crippen LogP contribution is 2.14. The van der Waals surface area contributed by atoms with Crippen LogP contribution in [0.2, 0.25) is 0 Å². The van der Waals surface area contributed by atoms with E-state index >= 15 is 0 Å². The fourth-order valence-corrected chi connectivity index (χ4v) is 2.92. The molecule has 0 aliphatic rings. The van der Waals surface area contributed by atoms with Gasteiger partial charge in [-0.2, -0.15) is 5.10 Å². The number of benzene rings is 2. The van der Waals surface area contributed by atoms with Gasteiger partial charge >= 0.3 is 0 Å². The van der Waals surface area contributed by atoms with Crippen molar-refractivity contribution in [1.82, 2.24) is 14.7 Å². The zero-order valence-corrected chi connectivity index (χ0v) is 14.1. The van der Waals surface area contributed by atoms with Crippen LogP contribution < -0.4 is 0 Å². The van der Waals surface area contributed by atoms with Crippen LogP contribution in [0.1, 0.15) is 11.1 Å². The fraction of sp³-hybridized carbons (Fsp3) is 0.167. The highest BCUT2D eigenvalue weighted by molar-refractivity contribution is 9.10. The predicted molar refractivity (Wildman–Crippen MR) is 92.9 cm³/mol. The van der Waals surface area contributed by atoms with Gasteiger partial charge in [0.25, 0.3) is 0 Å². The van der Waals surface area contributed by atoms with Crippen molar-refractivity contribution in [2.45, 2.75) is 13.1 Å². The molecular weight excluding hydrogens is 338 g/mol. The van der Waals surface area contributed by atoms with Crippen LogP contribution in [0, 0.1) is 0 Å². The first-order valence-corrected chi connectivity index (χ1v) is 8.02. The molecule has 1 heterocycles. The molecule has 0 bridgehead atoms. The molecule has 0 aliphatic carbocycles. The summed E-state index contributed by atoms with van der Waals surface area (Å²) in [5.74, 6) is 0. The Balaban J connectivity index is 1.65. The minimum absolute atomic E-state index is 0.874. The maximum Gasteiger partial charge on any atom is 0.0645 e. The Morgan fingerprint density at radius 1 is 1.00 bits per heavy atom. The Kier molecular flexibility index (Phi) is 4.71. The van der Waals surface area contributed by atoms with E-state index in [0.717, 1.165) is 23.2 Å². The average Bonchev–Trinajstić information content (AvgIpc) is 2.96. The molecule has 0 spiro atoms. The Morgan fingerprint density at radius 2 is 1.77 bits per heavy atom. The summed E-state index contributed by atoms with van der Waals surface area (Å²) in [5.41, 5.74) is 3.59. The van der Waals surface area contributed by atoms with E-state index < -0.39 is 0 Å². The number of hydrogen-bond donors (Lipinski definition) is 0. The third kappa shape index (κ3) is 3.84. The van der Waals surface area contributed by atoms with Crippen LogP contribution in [-0.4, -0.2) is 21.7 Å². The van der Waals surface area contributed by atoms with Crippen LogP contribution in [-0.2, 0) is 13.1 Å². The molecule has 0 unspecified atom stereocenters. The number of hydrogen-bond acceptors (Lipinski definition) is 2. The molecule has 0 radical (unpaired) electrons. The second-order valence-corrected chi connectivity index (χ2v) is 6.35. The van der Waals surface area contributed by atoms with E-state index in [2.05, 4.69) is 69.5 Å². The molecule has 2 aromatic carbocycles. The maximum atomic E-state index is 4.44. The van der Waals surface area contributed by atoms with Crippen molar-refractivity contribution in [3.05, 3.63) is 82.6 Å². The zero-order valence-electron chi connectivity index (χ0n) is 12.5. The molecule has 0 saturated heterocycles. The summed E-state index contributed by atoms with van der Waals surface area (Å²) in [6.07, 6.45) is 4.02. The normalized spacial score (nSPS) is 11.0. The molecule has 3 nitrogen and oxygen atoms in total. The van der Waals surface area contributed by atoms with Crippen LogP contribution in [0.15, 0.2) is 71.5 Å². The molecule has 112 valence electrons. The topological polar surface area (TPSA) is 21.1 Å². The van der Waals surface area contributed by atoms with Crippen molar-refractivity contribution < 1.29 is 0 Å². The SMILES string of the molecule is CN(Cc1cccc(Br)c1)Cc1cnn(-c2ccccc2)c1. The monoisotopic (exact) mass is 355 g/mol. The lowest BCUT2D eigenvalue weighted by molar-refractivity contribution is 0.319. The second-order valence-electron chi connectivity index (χ2n) is 5.43. The van der Waals surface area contributed by atoms with Gasteiger partial charge in [-0.05, 0) is 36.9 Å². The van der Waals surface area contributed by atoms with Crippen molar-refractivity contribution in [2.75, 3.05) is 7.05 Å². The largest absolute Gasteiger partial charge is 0.298 e. The molecule has 1 aromatic heterocycles. The molecule has 0 saturated carbocycles. The van der Waals surface area contributed by atoms with Crippen LogP contribution in [0.3, 0.4) is 0 Å². The molecule has 3 rings (SSSR count). The van der Waals surface area contributed by atoms with Gasteiger partial charge in [0.1, 0.15) is 0 Å². The molecule has 0 amide bonds. The van der Waals surface area contributed by atoms with Crippen molar-refractivity contribution in [2.24, 2.45) is 0 Å². The van der Waals surface area contributed by atoms with Gasteiger partial charge < -0.3 is 0 Å². The lowest BCUT2D eigenvalue weighted by atomic mass is 10.2. The van der Waals surface area contributed by atoms with Crippen LogP contribution in [0.4, 0.5) is 0 Å². The number of para-hydroxylation sites is 1. The molecule has 0 atom stereocenters. The highest BCUT2D eigenvalue weighted by Gasteiger charge is 2.05. The summed E-state index contributed by atoms with van der Waals surface area (Å²) in [7, 11) is 2.13. The van der Waals surface area contributed by atoms with Gasteiger partial charge in [-0.1, -0.05) is 46.3 Å². The van der Waals surface area contributed by atoms with Gasteiger partial charge in [-0.25, -0.2) is 4.68 Å². The summed E-state index contributed by atoms with van der Waals surface area (Å²) >= 11 is 3.52. The Morgan fingerprint density at radius 3 is 2.55 bits per heavy atom. The van der Waals surface area contributed by atoms with Crippen molar-refractivity contribution in [3.8, 4) is 5.69 Å². The predicted octanol–water partition coefficient (Wildman–Crippen LogP) is 4.27. The quantitative estimate of drug-likeness (QED) is 0.681. The molecular formula is C18H18BrN3. The van der Waals surface area contributed by atoms with Crippen LogP contribution >= 0.6 is 15.9 Å². The fourth-order valence-electron chi connectivity index (χ4n) is 2.48. The standard InChI is InChI=1S/C18H18BrN3/c1-21(12-15-6-5-7-17(19)10-15)13-16-11-20-22(14-16)18-8-3-2-4-9-18/h2-11,14H,12-13H2,1H3. The average molecular weight is 356 g/mol. The Hall–Kier alpha value is -1.91. The zero-order chi connectivity index (χ0) is 15.4. The van der Waals surface area contributed by atoms with E-state index in [9.17, 15) is 0 Å². The van der Waals surface area contributed by atoms with Gasteiger partial charge in [-0.15, -0.1) is 0 Å². The minimum Gasteiger partial charge on any atom is -0.298 e. The highest BCUT2D eigenvalue weighted by atomic mass is 79.9. The van der Waals surface area contributed by atoms with E-state index in [0.29, 0.717) is 0 Å². The summed E-state index contributed by atoms with van der Waals surface area (Å²) in [6, 6.07) is 18.6. The summed E-state index contributed by atoms with van der Waals surface area (Å²) in [6.45, 7) is 1.79. The number of rotatable bonds is 5. The lowest BCUT2D eigenvalue weighted by Crippen LogP contribution is -2.16. The first kappa shape index (κ1) is 15.0. The summed E-state index contributed by atoms with van der Waals surface area (Å²) in [4.78, 5) is 2.29.